The molecule has 0 bridgehead atoms. The van der Waals surface area contributed by atoms with E-state index in [9.17, 15) is 22.4 Å². The molecule has 1 aliphatic heterocycles. The highest BCUT2D eigenvalue weighted by Gasteiger charge is 2.37. The maximum atomic E-state index is 13.6. The Kier molecular flexibility index (Phi) is 5.39. The van der Waals surface area contributed by atoms with Crippen LogP contribution in [0.25, 0.3) is 0 Å². The summed E-state index contributed by atoms with van der Waals surface area (Å²) in [6, 6.07) is 8.24. The molecule has 144 valence electrons. The van der Waals surface area contributed by atoms with Crippen molar-refractivity contribution in [1.29, 1.82) is 0 Å². The smallest absolute Gasteiger partial charge is 0.372 e. The van der Waals surface area contributed by atoms with Crippen LogP contribution in [-0.2, 0) is 12.7 Å². The van der Waals surface area contributed by atoms with E-state index in [0.29, 0.717) is 24.3 Å². The van der Waals surface area contributed by atoms with E-state index < -0.39 is 23.5 Å². The molecule has 1 fully saturated rings. The summed E-state index contributed by atoms with van der Waals surface area (Å²) >= 11 is 0. The van der Waals surface area contributed by atoms with Crippen molar-refractivity contribution in [1.82, 2.24) is 5.32 Å². The van der Waals surface area contributed by atoms with Crippen LogP contribution >= 0.6 is 0 Å². The molecule has 1 heterocycles. The number of carbonyl (C=O) groups excluding carboxylic acids is 1. The summed E-state index contributed by atoms with van der Waals surface area (Å²) in [6.45, 7) is 2.87. The van der Waals surface area contributed by atoms with Crippen LogP contribution in [0, 0.1) is 12.7 Å². The lowest BCUT2D eigenvalue weighted by Crippen LogP contribution is -2.28. The molecule has 1 N–H and O–H groups in total. The maximum Gasteiger partial charge on any atom is 0.417 e. The van der Waals surface area contributed by atoms with Gasteiger partial charge in [-0.25, -0.2) is 4.39 Å². The molecule has 2 aromatic carbocycles. The summed E-state index contributed by atoms with van der Waals surface area (Å²) in [7, 11) is 0. The van der Waals surface area contributed by atoms with Crippen LogP contribution in [-0.4, -0.2) is 19.0 Å². The Labute approximate surface area is 155 Å². The second-order valence-electron chi connectivity index (χ2n) is 6.69. The molecule has 0 atom stereocenters. The van der Waals surface area contributed by atoms with Crippen molar-refractivity contribution >= 4 is 11.6 Å². The SMILES string of the molecule is Cc1cc(N2CCCC2)cc(C(F)(F)F)c1C(=O)NCc1cccc(F)c1. The number of anilines is 1. The molecule has 0 saturated carbocycles. The monoisotopic (exact) mass is 380 g/mol. The van der Waals surface area contributed by atoms with Crippen molar-refractivity contribution in [3.05, 3.63) is 64.5 Å². The number of benzene rings is 2. The fraction of sp³-hybridized carbons (Fsp3) is 0.350. The highest BCUT2D eigenvalue weighted by Crippen LogP contribution is 2.37. The van der Waals surface area contributed by atoms with Gasteiger partial charge in [0.1, 0.15) is 5.82 Å². The maximum absolute atomic E-state index is 13.6. The highest BCUT2D eigenvalue weighted by atomic mass is 19.4. The summed E-state index contributed by atoms with van der Waals surface area (Å²) in [5.41, 5.74) is -0.103. The van der Waals surface area contributed by atoms with Crippen LogP contribution in [0.1, 0.15) is 39.9 Å². The molecule has 2 aromatic rings. The molecule has 0 unspecified atom stereocenters. The van der Waals surface area contributed by atoms with Crippen LogP contribution in [0.4, 0.5) is 23.2 Å². The van der Waals surface area contributed by atoms with Crippen LogP contribution in [0.15, 0.2) is 36.4 Å². The Morgan fingerprint density at radius 2 is 1.85 bits per heavy atom. The fourth-order valence-corrected chi connectivity index (χ4v) is 3.37. The number of alkyl halides is 3. The summed E-state index contributed by atoms with van der Waals surface area (Å²) in [4.78, 5) is 14.4. The quantitative estimate of drug-likeness (QED) is 0.781. The Hall–Kier alpha value is -2.57. The minimum absolute atomic E-state index is 0.0544. The van der Waals surface area contributed by atoms with Gasteiger partial charge in [-0.1, -0.05) is 12.1 Å². The molecule has 7 heteroatoms. The molecule has 0 radical (unpaired) electrons. The van der Waals surface area contributed by atoms with Crippen molar-refractivity contribution in [3.8, 4) is 0 Å². The average molecular weight is 380 g/mol. The van der Waals surface area contributed by atoms with Crippen LogP contribution in [0.2, 0.25) is 0 Å². The van der Waals surface area contributed by atoms with Gasteiger partial charge >= 0.3 is 6.18 Å². The van der Waals surface area contributed by atoms with E-state index in [-0.39, 0.29) is 17.7 Å². The first kappa shape index (κ1) is 19.2. The molecular formula is C20H20F4N2O. The zero-order chi connectivity index (χ0) is 19.6. The second-order valence-corrected chi connectivity index (χ2v) is 6.69. The second kappa shape index (κ2) is 7.58. The molecule has 1 saturated heterocycles. The van der Waals surface area contributed by atoms with E-state index >= 15 is 0 Å². The van der Waals surface area contributed by atoms with Crippen LogP contribution < -0.4 is 10.2 Å². The largest absolute Gasteiger partial charge is 0.417 e. The number of amides is 1. The Bertz CT molecular complexity index is 842. The lowest BCUT2D eigenvalue weighted by Gasteiger charge is -2.22. The third-order valence-electron chi connectivity index (χ3n) is 4.67. The van der Waals surface area contributed by atoms with E-state index in [4.69, 9.17) is 0 Å². The molecule has 0 aromatic heterocycles. The van der Waals surface area contributed by atoms with Crippen molar-refractivity contribution < 1.29 is 22.4 Å². The first-order valence-corrected chi connectivity index (χ1v) is 8.75. The molecule has 0 aliphatic carbocycles. The van der Waals surface area contributed by atoms with Gasteiger partial charge < -0.3 is 10.2 Å². The van der Waals surface area contributed by atoms with E-state index in [1.165, 1.54) is 25.1 Å². The topological polar surface area (TPSA) is 32.3 Å². The molecule has 1 aliphatic rings. The molecular weight excluding hydrogens is 360 g/mol. The lowest BCUT2D eigenvalue weighted by molar-refractivity contribution is -0.137. The van der Waals surface area contributed by atoms with Crippen molar-refractivity contribution in [3.63, 3.8) is 0 Å². The van der Waals surface area contributed by atoms with Gasteiger partial charge in [0.2, 0.25) is 0 Å². The van der Waals surface area contributed by atoms with E-state index in [1.807, 2.05) is 4.90 Å². The van der Waals surface area contributed by atoms with Crippen molar-refractivity contribution in [2.24, 2.45) is 0 Å². The number of nitrogens with zero attached hydrogens (tertiary/aromatic N) is 1. The Morgan fingerprint density at radius 3 is 2.48 bits per heavy atom. The first-order valence-electron chi connectivity index (χ1n) is 8.75. The van der Waals surface area contributed by atoms with E-state index in [1.54, 1.807) is 12.1 Å². The van der Waals surface area contributed by atoms with E-state index in [2.05, 4.69) is 5.32 Å². The van der Waals surface area contributed by atoms with Crippen molar-refractivity contribution in [2.45, 2.75) is 32.5 Å². The van der Waals surface area contributed by atoms with Gasteiger partial charge in [0.05, 0.1) is 11.1 Å². The number of rotatable bonds is 4. The van der Waals surface area contributed by atoms with Crippen molar-refractivity contribution in [2.75, 3.05) is 18.0 Å². The Morgan fingerprint density at radius 1 is 1.15 bits per heavy atom. The minimum atomic E-state index is -4.65. The molecule has 3 nitrogen and oxygen atoms in total. The Balaban J connectivity index is 1.89. The summed E-state index contributed by atoms with van der Waals surface area (Å²) in [5, 5.41) is 2.47. The molecule has 0 spiro atoms. The van der Waals surface area contributed by atoms with Gasteiger partial charge in [0.25, 0.3) is 5.91 Å². The van der Waals surface area contributed by atoms with Gasteiger partial charge in [-0.3, -0.25) is 4.79 Å². The fourth-order valence-electron chi connectivity index (χ4n) is 3.37. The first-order chi connectivity index (χ1) is 12.8. The van der Waals surface area contributed by atoms with Gasteiger partial charge in [-0.05, 0) is 55.2 Å². The third kappa shape index (κ3) is 4.40. The summed E-state index contributed by atoms with van der Waals surface area (Å²) in [5.74, 6) is -1.29. The lowest BCUT2D eigenvalue weighted by atomic mass is 9.98. The van der Waals surface area contributed by atoms with Gasteiger partial charge in [0, 0.05) is 25.3 Å². The zero-order valence-corrected chi connectivity index (χ0v) is 14.9. The van der Waals surface area contributed by atoms with Crippen LogP contribution in [0.5, 0.6) is 0 Å². The highest BCUT2D eigenvalue weighted by molar-refractivity contribution is 5.98. The third-order valence-corrected chi connectivity index (χ3v) is 4.67. The van der Waals surface area contributed by atoms with E-state index in [0.717, 1.165) is 18.9 Å². The average Bonchev–Trinajstić information content (AvgIpc) is 3.13. The van der Waals surface area contributed by atoms with Crippen LogP contribution in [0.3, 0.4) is 0 Å². The van der Waals surface area contributed by atoms with Gasteiger partial charge in [-0.2, -0.15) is 13.2 Å². The summed E-state index contributed by atoms with van der Waals surface area (Å²) in [6.07, 6.45) is -2.77. The number of halogens is 4. The normalized spacial score (nSPS) is 14.5. The molecule has 1 amide bonds. The minimum Gasteiger partial charge on any atom is -0.372 e. The number of carbonyl (C=O) groups is 1. The standard InChI is InChI=1S/C20H20F4N2O/c1-13-9-16(26-7-2-3-8-26)11-17(20(22,23)24)18(13)19(27)25-12-14-5-4-6-15(21)10-14/h4-6,9-11H,2-3,7-8,12H2,1H3,(H,25,27). The zero-order valence-electron chi connectivity index (χ0n) is 14.9. The molecule has 27 heavy (non-hydrogen) atoms. The van der Waals surface area contributed by atoms with Gasteiger partial charge in [0.15, 0.2) is 0 Å². The molecule has 3 rings (SSSR count). The number of aryl methyl sites for hydroxylation is 1. The number of nitrogens with one attached hydrogen (secondary N) is 1. The predicted molar refractivity (Wildman–Crippen MR) is 95.2 cm³/mol. The predicted octanol–water partition coefficient (Wildman–Crippen LogP) is 4.68. The number of hydrogen-bond donors (Lipinski definition) is 1. The summed E-state index contributed by atoms with van der Waals surface area (Å²) < 4.78 is 54.1. The van der Waals surface area contributed by atoms with Gasteiger partial charge in [-0.15, -0.1) is 0 Å². The number of hydrogen-bond acceptors (Lipinski definition) is 2.